The highest BCUT2D eigenvalue weighted by molar-refractivity contribution is 8.01. The van der Waals surface area contributed by atoms with Gasteiger partial charge in [0.1, 0.15) is 0 Å². The van der Waals surface area contributed by atoms with Crippen LogP contribution in [0.4, 0.5) is 5.13 Å². The van der Waals surface area contributed by atoms with E-state index in [9.17, 15) is 9.59 Å². The average Bonchev–Trinajstić information content (AvgIpc) is 2.89. The van der Waals surface area contributed by atoms with E-state index < -0.39 is 0 Å². The molecule has 0 saturated heterocycles. The number of thiazole rings is 1. The molecule has 1 heterocycles. The number of nitrogens with two attached hydrogens (primary N) is 1. The summed E-state index contributed by atoms with van der Waals surface area (Å²) >= 11 is 2.62. The fraction of sp³-hybridized carbons (Fsp3) is 0.0833. The zero-order valence-corrected chi connectivity index (χ0v) is 12.0. The van der Waals surface area contributed by atoms with Crippen LogP contribution in [0.25, 0.3) is 0 Å². The van der Waals surface area contributed by atoms with Gasteiger partial charge in [0.05, 0.1) is 16.2 Å². The first kappa shape index (κ1) is 14.4. The number of amides is 2. The molecule has 20 heavy (non-hydrogen) atoms. The molecule has 0 atom stereocenters. The Morgan fingerprint density at radius 3 is 2.65 bits per heavy atom. The number of hydrazine groups is 1. The molecular formula is C12H12N4O2S2. The minimum Gasteiger partial charge on any atom is -0.375 e. The summed E-state index contributed by atoms with van der Waals surface area (Å²) in [5.74, 6) is -0.478. The number of nitrogens with one attached hydrogen (secondary N) is 2. The highest BCUT2D eigenvalue weighted by Crippen LogP contribution is 2.25. The number of hydrogen-bond donors (Lipinski definition) is 3. The maximum Gasteiger partial charge on any atom is 0.269 e. The molecule has 0 radical (unpaired) electrons. The molecule has 2 aromatic rings. The molecule has 6 nitrogen and oxygen atoms in total. The fourth-order valence-electron chi connectivity index (χ4n) is 1.30. The van der Waals surface area contributed by atoms with E-state index in [1.54, 1.807) is 30.5 Å². The van der Waals surface area contributed by atoms with Crippen LogP contribution in [0.2, 0.25) is 0 Å². The Hall–Kier alpha value is -2.06. The number of thioether (sulfide) groups is 1. The second kappa shape index (κ2) is 6.92. The van der Waals surface area contributed by atoms with Crippen molar-refractivity contribution in [1.29, 1.82) is 0 Å². The predicted octanol–water partition coefficient (Wildman–Crippen LogP) is 1.28. The molecule has 2 amide bonds. The second-order valence-corrected chi connectivity index (χ2v) is 6.01. The van der Waals surface area contributed by atoms with E-state index in [1.807, 2.05) is 6.07 Å². The van der Waals surface area contributed by atoms with Gasteiger partial charge in [0.15, 0.2) is 5.13 Å². The molecule has 0 fully saturated rings. The van der Waals surface area contributed by atoms with Crippen molar-refractivity contribution in [3.8, 4) is 0 Å². The van der Waals surface area contributed by atoms with Crippen LogP contribution < -0.4 is 16.6 Å². The van der Waals surface area contributed by atoms with Gasteiger partial charge in [0, 0.05) is 5.56 Å². The molecule has 0 unspecified atom stereocenters. The molecular weight excluding hydrogens is 296 g/mol. The van der Waals surface area contributed by atoms with Gasteiger partial charge in [-0.2, -0.15) is 0 Å². The average molecular weight is 308 g/mol. The van der Waals surface area contributed by atoms with Gasteiger partial charge >= 0.3 is 0 Å². The normalized spacial score (nSPS) is 10.0. The van der Waals surface area contributed by atoms with Crippen LogP contribution in [0, 0.1) is 0 Å². The van der Waals surface area contributed by atoms with E-state index in [1.165, 1.54) is 23.1 Å². The van der Waals surface area contributed by atoms with E-state index in [0.717, 1.165) is 4.21 Å². The zero-order valence-electron chi connectivity index (χ0n) is 10.3. The van der Waals surface area contributed by atoms with E-state index in [-0.39, 0.29) is 17.6 Å². The van der Waals surface area contributed by atoms with Crippen molar-refractivity contribution in [3.05, 3.63) is 42.1 Å². The molecule has 0 aliphatic heterocycles. The summed E-state index contributed by atoms with van der Waals surface area (Å²) in [6, 6.07) is 8.64. The summed E-state index contributed by atoms with van der Waals surface area (Å²) in [6.07, 6.45) is 1.61. The number of hydrogen-bond acceptors (Lipinski definition) is 6. The van der Waals surface area contributed by atoms with Crippen molar-refractivity contribution in [3.63, 3.8) is 0 Å². The van der Waals surface area contributed by atoms with Crippen LogP contribution in [-0.4, -0.2) is 22.6 Å². The minimum absolute atomic E-state index is 0.177. The monoisotopic (exact) mass is 308 g/mol. The van der Waals surface area contributed by atoms with E-state index >= 15 is 0 Å². The van der Waals surface area contributed by atoms with Crippen LogP contribution in [0.5, 0.6) is 0 Å². The van der Waals surface area contributed by atoms with E-state index in [4.69, 9.17) is 5.73 Å². The summed E-state index contributed by atoms with van der Waals surface area (Å²) in [5.41, 5.74) is 10.7. The lowest BCUT2D eigenvalue weighted by Gasteiger charge is -2.06. The first-order chi connectivity index (χ1) is 9.65. The Kier molecular flexibility index (Phi) is 4.97. The number of anilines is 1. The van der Waals surface area contributed by atoms with Crippen molar-refractivity contribution in [2.24, 2.45) is 0 Å². The topological polar surface area (TPSA) is 97.1 Å². The molecule has 4 N–H and O–H groups in total. The largest absolute Gasteiger partial charge is 0.375 e. The Bertz CT molecular complexity index is 601. The van der Waals surface area contributed by atoms with Crippen molar-refractivity contribution >= 4 is 40.0 Å². The molecule has 0 bridgehead atoms. The Morgan fingerprint density at radius 2 is 2.00 bits per heavy atom. The number of carbonyl (C=O) groups excluding carboxylic acids is 2. The van der Waals surface area contributed by atoms with Crippen molar-refractivity contribution < 1.29 is 9.59 Å². The van der Waals surface area contributed by atoms with Crippen LogP contribution in [0.3, 0.4) is 0 Å². The first-order valence-electron chi connectivity index (χ1n) is 5.63. The molecule has 104 valence electrons. The highest BCUT2D eigenvalue weighted by Gasteiger charge is 2.08. The number of carbonyl (C=O) groups is 2. The predicted molar refractivity (Wildman–Crippen MR) is 79.3 cm³/mol. The van der Waals surface area contributed by atoms with Gasteiger partial charge < -0.3 is 5.73 Å². The third-order valence-electron chi connectivity index (χ3n) is 2.20. The van der Waals surface area contributed by atoms with Gasteiger partial charge in [-0.25, -0.2) is 4.98 Å². The molecule has 0 spiro atoms. The molecule has 0 aliphatic rings. The maximum atomic E-state index is 11.7. The lowest BCUT2D eigenvalue weighted by Crippen LogP contribution is -2.42. The summed E-state index contributed by atoms with van der Waals surface area (Å²) in [6.45, 7) is 0. The SMILES string of the molecule is Nc1ncc(SCC(=O)NNC(=O)c2ccccc2)s1. The van der Waals surface area contributed by atoms with Gasteiger partial charge in [-0.3, -0.25) is 20.4 Å². The fourth-order valence-corrected chi connectivity index (χ4v) is 2.86. The van der Waals surface area contributed by atoms with Gasteiger partial charge in [0.2, 0.25) is 5.91 Å². The molecule has 1 aromatic heterocycles. The standard InChI is InChI=1S/C12H12N4O2S2/c13-12-14-6-10(20-12)19-7-9(17)15-16-11(18)8-4-2-1-3-5-8/h1-6H,7H2,(H2,13,14)(H,15,17)(H,16,18). The summed E-state index contributed by atoms with van der Waals surface area (Å²) < 4.78 is 0.854. The first-order valence-corrected chi connectivity index (χ1v) is 7.43. The highest BCUT2D eigenvalue weighted by atomic mass is 32.2. The number of rotatable bonds is 4. The van der Waals surface area contributed by atoms with Gasteiger partial charge in [-0.05, 0) is 12.1 Å². The van der Waals surface area contributed by atoms with Crippen LogP contribution >= 0.6 is 23.1 Å². The quantitative estimate of drug-likeness (QED) is 0.584. The van der Waals surface area contributed by atoms with E-state index in [0.29, 0.717) is 10.7 Å². The molecule has 8 heteroatoms. The Morgan fingerprint density at radius 1 is 1.25 bits per heavy atom. The van der Waals surface area contributed by atoms with Crippen LogP contribution in [-0.2, 0) is 4.79 Å². The molecule has 1 aromatic carbocycles. The third-order valence-corrected chi connectivity index (χ3v) is 4.22. The Labute approximate surface area is 123 Å². The lowest BCUT2D eigenvalue weighted by molar-refractivity contribution is -0.119. The smallest absolute Gasteiger partial charge is 0.269 e. The minimum atomic E-state index is -0.356. The zero-order chi connectivity index (χ0) is 14.4. The van der Waals surface area contributed by atoms with E-state index in [2.05, 4.69) is 15.8 Å². The second-order valence-electron chi connectivity index (χ2n) is 3.67. The summed E-state index contributed by atoms with van der Waals surface area (Å²) in [4.78, 5) is 27.1. The Balaban J connectivity index is 1.74. The van der Waals surface area contributed by atoms with Gasteiger partial charge in [-0.1, -0.05) is 29.5 Å². The van der Waals surface area contributed by atoms with Crippen molar-refractivity contribution in [1.82, 2.24) is 15.8 Å². The number of benzene rings is 1. The number of nitrogen functional groups attached to an aromatic ring is 1. The lowest BCUT2D eigenvalue weighted by atomic mass is 10.2. The van der Waals surface area contributed by atoms with Crippen molar-refractivity contribution in [2.45, 2.75) is 4.21 Å². The summed E-state index contributed by atoms with van der Waals surface area (Å²) in [5, 5.41) is 0.463. The molecule has 0 aliphatic carbocycles. The molecule has 0 saturated carbocycles. The third kappa shape index (κ3) is 4.25. The summed E-state index contributed by atoms with van der Waals surface area (Å²) in [7, 11) is 0. The van der Waals surface area contributed by atoms with Gasteiger partial charge in [0.25, 0.3) is 5.91 Å². The number of aromatic nitrogens is 1. The van der Waals surface area contributed by atoms with Crippen LogP contribution in [0.15, 0.2) is 40.7 Å². The molecule has 2 rings (SSSR count). The maximum absolute atomic E-state index is 11.7. The van der Waals surface area contributed by atoms with Gasteiger partial charge in [-0.15, -0.1) is 11.8 Å². The van der Waals surface area contributed by atoms with Crippen LogP contribution in [0.1, 0.15) is 10.4 Å². The number of nitrogens with zero attached hydrogens (tertiary/aromatic N) is 1. The van der Waals surface area contributed by atoms with Crippen molar-refractivity contribution in [2.75, 3.05) is 11.5 Å².